The van der Waals surface area contributed by atoms with Gasteiger partial charge in [0.25, 0.3) is 0 Å². The summed E-state index contributed by atoms with van der Waals surface area (Å²) in [5.41, 5.74) is 0.591. The second kappa shape index (κ2) is 6.88. The molecular formula is C13H22N2O. The van der Waals surface area contributed by atoms with E-state index in [1.807, 2.05) is 65.0 Å². The molecule has 0 fully saturated rings. The molecule has 0 heterocycles. The summed E-state index contributed by atoms with van der Waals surface area (Å²) in [4.78, 5) is 11.4. The van der Waals surface area contributed by atoms with E-state index in [0.29, 0.717) is 0 Å². The lowest BCUT2D eigenvalue weighted by Crippen LogP contribution is -2.43. The van der Waals surface area contributed by atoms with Crippen LogP contribution in [0.15, 0.2) is 30.3 Å². The number of hydrogen-bond donors (Lipinski definition) is 2. The van der Waals surface area contributed by atoms with Crippen LogP contribution in [0.5, 0.6) is 0 Å². The Kier molecular flexibility index (Phi) is 6.23. The van der Waals surface area contributed by atoms with Crippen molar-refractivity contribution in [1.82, 2.24) is 5.32 Å². The average Bonchev–Trinajstić information content (AvgIpc) is 2.19. The topological polar surface area (TPSA) is 41.1 Å². The van der Waals surface area contributed by atoms with Crippen molar-refractivity contribution in [2.24, 2.45) is 0 Å². The Morgan fingerprint density at radius 2 is 1.56 bits per heavy atom. The van der Waals surface area contributed by atoms with Gasteiger partial charge in [0, 0.05) is 11.2 Å². The lowest BCUT2D eigenvalue weighted by molar-refractivity contribution is 0.244. The maximum absolute atomic E-state index is 11.4. The van der Waals surface area contributed by atoms with E-state index in [9.17, 15) is 4.79 Å². The van der Waals surface area contributed by atoms with E-state index in [1.165, 1.54) is 0 Å². The second-order valence-electron chi connectivity index (χ2n) is 4.20. The van der Waals surface area contributed by atoms with Gasteiger partial charge in [0.05, 0.1) is 0 Å². The highest BCUT2D eigenvalue weighted by atomic mass is 16.2. The lowest BCUT2D eigenvalue weighted by Gasteiger charge is -2.20. The highest BCUT2D eigenvalue weighted by Gasteiger charge is 2.12. The number of urea groups is 1. The lowest BCUT2D eigenvalue weighted by atomic mass is 10.1. The van der Waals surface area contributed by atoms with Gasteiger partial charge in [-0.1, -0.05) is 32.0 Å². The summed E-state index contributed by atoms with van der Waals surface area (Å²) in [6.07, 6.45) is 0. The molecule has 2 N–H and O–H groups in total. The summed E-state index contributed by atoms with van der Waals surface area (Å²) < 4.78 is 0. The van der Waals surface area contributed by atoms with Gasteiger partial charge in [-0.15, -0.1) is 0 Å². The number of hydrogen-bond acceptors (Lipinski definition) is 1. The molecule has 0 atom stereocenters. The fraction of sp³-hybridized carbons (Fsp3) is 0.462. The number of para-hydroxylation sites is 1. The highest BCUT2D eigenvalue weighted by Crippen LogP contribution is 2.05. The second-order valence-corrected chi connectivity index (χ2v) is 4.20. The van der Waals surface area contributed by atoms with Crippen LogP contribution in [0.1, 0.15) is 34.6 Å². The molecule has 0 aliphatic rings. The third-order valence-electron chi connectivity index (χ3n) is 1.52. The van der Waals surface area contributed by atoms with Crippen LogP contribution in [-0.4, -0.2) is 11.6 Å². The molecule has 3 nitrogen and oxygen atoms in total. The van der Waals surface area contributed by atoms with E-state index >= 15 is 0 Å². The highest BCUT2D eigenvalue weighted by molar-refractivity contribution is 5.89. The molecule has 0 saturated heterocycles. The number of anilines is 1. The van der Waals surface area contributed by atoms with Gasteiger partial charge < -0.3 is 10.6 Å². The van der Waals surface area contributed by atoms with Crippen molar-refractivity contribution < 1.29 is 4.79 Å². The van der Waals surface area contributed by atoms with Crippen molar-refractivity contribution in [2.45, 2.75) is 40.2 Å². The minimum Gasteiger partial charge on any atom is -0.333 e. The first-order valence-corrected chi connectivity index (χ1v) is 5.61. The summed E-state index contributed by atoms with van der Waals surface area (Å²) in [7, 11) is 0. The molecule has 0 radical (unpaired) electrons. The van der Waals surface area contributed by atoms with E-state index in [2.05, 4.69) is 10.6 Å². The van der Waals surface area contributed by atoms with Gasteiger partial charge in [-0.25, -0.2) is 4.79 Å². The summed E-state index contributed by atoms with van der Waals surface area (Å²) in [6, 6.07) is 9.19. The summed E-state index contributed by atoms with van der Waals surface area (Å²) in [5.74, 6) is 0. The number of amides is 2. The van der Waals surface area contributed by atoms with Crippen LogP contribution < -0.4 is 10.6 Å². The Bertz CT molecular complexity index is 301. The number of carbonyl (C=O) groups is 1. The zero-order valence-electron chi connectivity index (χ0n) is 10.8. The van der Waals surface area contributed by atoms with Crippen molar-refractivity contribution in [3.63, 3.8) is 0 Å². The molecule has 2 amide bonds. The van der Waals surface area contributed by atoms with Gasteiger partial charge in [-0.05, 0) is 32.9 Å². The maximum atomic E-state index is 11.4. The van der Waals surface area contributed by atoms with E-state index < -0.39 is 0 Å². The fourth-order valence-corrected chi connectivity index (χ4v) is 1.02. The first-order valence-electron chi connectivity index (χ1n) is 5.61. The molecule has 0 spiro atoms. The summed E-state index contributed by atoms with van der Waals surface area (Å²) in [5, 5.41) is 5.57. The minimum absolute atomic E-state index is 0.177. The van der Waals surface area contributed by atoms with Crippen molar-refractivity contribution in [3.05, 3.63) is 30.3 Å². The monoisotopic (exact) mass is 222 g/mol. The largest absolute Gasteiger partial charge is 0.333 e. The van der Waals surface area contributed by atoms with Crippen molar-refractivity contribution in [1.29, 1.82) is 0 Å². The van der Waals surface area contributed by atoms with Crippen LogP contribution in [0.3, 0.4) is 0 Å². The third kappa shape index (κ3) is 6.87. The van der Waals surface area contributed by atoms with Crippen LogP contribution in [0, 0.1) is 0 Å². The van der Waals surface area contributed by atoms with E-state index in [1.54, 1.807) is 0 Å². The minimum atomic E-state index is -0.209. The standard InChI is InChI=1S/C11H16N2O.C2H6/c1-11(2,3)13-10(14)12-9-7-5-4-6-8-9;1-2/h4-8H,1-3H3,(H2,12,13,14);1-2H3. The Labute approximate surface area is 98.3 Å². The Hall–Kier alpha value is -1.51. The Morgan fingerprint density at radius 1 is 1.06 bits per heavy atom. The molecule has 1 rings (SSSR count). The molecule has 0 unspecified atom stereocenters. The van der Waals surface area contributed by atoms with Crippen molar-refractivity contribution >= 4 is 11.7 Å². The maximum Gasteiger partial charge on any atom is 0.319 e. The van der Waals surface area contributed by atoms with Gasteiger partial charge >= 0.3 is 6.03 Å². The van der Waals surface area contributed by atoms with Crippen LogP contribution in [0.4, 0.5) is 10.5 Å². The zero-order chi connectivity index (χ0) is 12.6. The SMILES string of the molecule is CC.CC(C)(C)NC(=O)Nc1ccccc1. The molecule has 3 heteroatoms. The van der Waals surface area contributed by atoms with Crippen LogP contribution in [0.2, 0.25) is 0 Å². The quantitative estimate of drug-likeness (QED) is 0.748. The molecule has 0 bridgehead atoms. The van der Waals surface area contributed by atoms with Crippen molar-refractivity contribution in [3.8, 4) is 0 Å². The third-order valence-corrected chi connectivity index (χ3v) is 1.52. The van der Waals surface area contributed by atoms with E-state index in [4.69, 9.17) is 0 Å². The smallest absolute Gasteiger partial charge is 0.319 e. The van der Waals surface area contributed by atoms with Gasteiger partial charge in [-0.3, -0.25) is 0 Å². The number of carbonyl (C=O) groups excluding carboxylic acids is 1. The first-order chi connectivity index (χ1) is 7.47. The summed E-state index contributed by atoms with van der Waals surface area (Å²) >= 11 is 0. The zero-order valence-corrected chi connectivity index (χ0v) is 10.8. The average molecular weight is 222 g/mol. The van der Waals surface area contributed by atoms with Crippen LogP contribution in [0.25, 0.3) is 0 Å². The predicted molar refractivity (Wildman–Crippen MR) is 69.7 cm³/mol. The fourth-order valence-electron chi connectivity index (χ4n) is 1.02. The normalized spacial score (nSPS) is 9.81. The Morgan fingerprint density at radius 3 is 2.00 bits per heavy atom. The van der Waals surface area contributed by atoms with Gasteiger partial charge in [-0.2, -0.15) is 0 Å². The van der Waals surface area contributed by atoms with E-state index in [0.717, 1.165) is 5.69 Å². The first kappa shape index (κ1) is 14.5. The van der Waals surface area contributed by atoms with Crippen molar-refractivity contribution in [2.75, 3.05) is 5.32 Å². The molecule has 0 saturated carbocycles. The molecule has 0 aliphatic heterocycles. The Balaban J connectivity index is 0.00000106. The molecule has 0 aromatic heterocycles. The van der Waals surface area contributed by atoms with Crippen LogP contribution in [-0.2, 0) is 0 Å². The predicted octanol–water partition coefficient (Wildman–Crippen LogP) is 3.63. The molecule has 1 aromatic carbocycles. The van der Waals surface area contributed by atoms with Gasteiger partial charge in [0.1, 0.15) is 0 Å². The molecule has 16 heavy (non-hydrogen) atoms. The molecule has 90 valence electrons. The van der Waals surface area contributed by atoms with Gasteiger partial charge in [0.2, 0.25) is 0 Å². The van der Waals surface area contributed by atoms with Gasteiger partial charge in [0.15, 0.2) is 0 Å². The number of nitrogens with one attached hydrogen (secondary N) is 2. The summed E-state index contributed by atoms with van der Waals surface area (Å²) in [6.45, 7) is 9.83. The number of rotatable bonds is 1. The number of benzene rings is 1. The molecule has 0 aliphatic carbocycles. The van der Waals surface area contributed by atoms with Crippen LogP contribution >= 0.6 is 0 Å². The molecule has 1 aromatic rings. The molecular weight excluding hydrogens is 200 g/mol. The van der Waals surface area contributed by atoms with E-state index in [-0.39, 0.29) is 11.6 Å².